The van der Waals surface area contributed by atoms with E-state index < -0.39 is 5.97 Å². The number of thioether (sulfide) groups is 1. The number of esters is 1. The molecule has 164 valence electrons. The quantitative estimate of drug-likeness (QED) is 0.229. The molecule has 0 aliphatic rings. The van der Waals surface area contributed by atoms with Crippen molar-refractivity contribution in [1.82, 2.24) is 10.2 Å². The lowest BCUT2D eigenvalue weighted by atomic mass is 10.1. The number of thiophene rings is 2. The molecule has 3 aromatic heterocycles. The second-order valence-electron chi connectivity index (χ2n) is 6.24. The fourth-order valence-electron chi connectivity index (χ4n) is 2.77. The number of halogens is 1. The standard InChI is InChI=1S/C21H16ClN3O4S3/c1-2-28-20(27)17-13(15-8-5-9-30-15)10-31-19(17)23-16(26)11-32-21-25-24-18(29-21)12-6-3-4-7-14(12)22/h3-10H,2,11H2,1H3,(H,23,26). The van der Waals surface area contributed by atoms with Crippen LogP contribution >= 0.6 is 46.0 Å². The predicted octanol–water partition coefficient (Wildman–Crippen LogP) is 6.09. The molecule has 7 nitrogen and oxygen atoms in total. The minimum Gasteiger partial charge on any atom is -0.462 e. The molecule has 0 radical (unpaired) electrons. The number of carbonyl (C=O) groups excluding carboxylic acids is 2. The fourth-order valence-corrected chi connectivity index (χ4v) is 5.34. The Morgan fingerprint density at radius 3 is 2.75 bits per heavy atom. The monoisotopic (exact) mass is 505 g/mol. The first-order chi connectivity index (χ1) is 15.6. The largest absolute Gasteiger partial charge is 0.462 e. The topological polar surface area (TPSA) is 94.3 Å². The summed E-state index contributed by atoms with van der Waals surface area (Å²) in [6.45, 7) is 1.98. The smallest absolute Gasteiger partial charge is 0.341 e. The molecule has 0 atom stereocenters. The molecule has 3 heterocycles. The number of hydrogen-bond acceptors (Lipinski definition) is 9. The number of aromatic nitrogens is 2. The van der Waals surface area contributed by atoms with E-state index in [0.29, 0.717) is 21.2 Å². The molecule has 0 unspecified atom stereocenters. The van der Waals surface area contributed by atoms with E-state index in [1.165, 1.54) is 22.7 Å². The first-order valence-corrected chi connectivity index (χ1v) is 12.5. The molecule has 1 amide bonds. The van der Waals surface area contributed by atoms with Crippen LogP contribution in [-0.4, -0.2) is 34.4 Å². The number of benzene rings is 1. The number of nitrogens with one attached hydrogen (secondary N) is 1. The lowest BCUT2D eigenvalue weighted by Crippen LogP contribution is -2.16. The molecule has 1 N–H and O–H groups in total. The van der Waals surface area contributed by atoms with Gasteiger partial charge in [-0.3, -0.25) is 4.79 Å². The van der Waals surface area contributed by atoms with Crippen molar-refractivity contribution in [2.75, 3.05) is 17.7 Å². The van der Waals surface area contributed by atoms with Gasteiger partial charge >= 0.3 is 5.97 Å². The number of ether oxygens (including phenoxy) is 1. The highest BCUT2D eigenvalue weighted by Crippen LogP contribution is 2.38. The van der Waals surface area contributed by atoms with Crippen LogP contribution in [0.15, 0.2) is 56.8 Å². The Hall–Kier alpha value is -2.66. The summed E-state index contributed by atoms with van der Waals surface area (Å²) in [5.41, 5.74) is 1.72. The van der Waals surface area contributed by atoms with E-state index in [0.717, 1.165) is 22.2 Å². The van der Waals surface area contributed by atoms with Crippen molar-refractivity contribution in [2.45, 2.75) is 12.1 Å². The van der Waals surface area contributed by atoms with E-state index in [1.807, 2.05) is 29.0 Å². The van der Waals surface area contributed by atoms with E-state index in [-0.39, 0.29) is 29.4 Å². The van der Waals surface area contributed by atoms with E-state index >= 15 is 0 Å². The number of nitrogens with zero attached hydrogens (tertiary/aromatic N) is 2. The van der Waals surface area contributed by atoms with Crippen LogP contribution in [0.4, 0.5) is 5.00 Å². The first kappa shape index (κ1) is 22.5. The van der Waals surface area contributed by atoms with Crippen molar-refractivity contribution < 1.29 is 18.7 Å². The Kier molecular flexibility index (Phi) is 7.26. The van der Waals surface area contributed by atoms with Crippen molar-refractivity contribution in [3.05, 3.63) is 57.7 Å². The van der Waals surface area contributed by atoms with Crippen molar-refractivity contribution in [2.24, 2.45) is 0 Å². The predicted molar refractivity (Wildman–Crippen MR) is 128 cm³/mol. The molecule has 4 aromatic rings. The molecule has 11 heteroatoms. The SMILES string of the molecule is CCOC(=O)c1c(-c2cccs2)csc1NC(=O)CSc1nnc(-c2ccccc2Cl)o1. The number of rotatable bonds is 8. The molecule has 0 fully saturated rings. The second-order valence-corrected chi connectivity index (χ2v) is 9.40. The van der Waals surface area contributed by atoms with Gasteiger partial charge in [-0.05, 0) is 30.5 Å². The summed E-state index contributed by atoms with van der Waals surface area (Å²) < 4.78 is 10.8. The van der Waals surface area contributed by atoms with E-state index in [4.69, 9.17) is 20.8 Å². The van der Waals surface area contributed by atoms with Crippen molar-refractivity contribution >= 4 is 62.9 Å². The van der Waals surface area contributed by atoms with Crippen molar-refractivity contribution in [1.29, 1.82) is 0 Å². The highest BCUT2D eigenvalue weighted by molar-refractivity contribution is 7.99. The van der Waals surface area contributed by atoms with Crippen LogP contribution in [-0.2, 0) is 9.53 Å². The maximum absolute atomic E-state index is 12.6. The van der Waals surface area contributed by atoms with E-state index in [9.17, 15) is 9.59 Å². The summed E-state index contributed by atoms with van der Waals surface area (Å²) >= 11 is 10.0. The molecule has 4 rings (SSSR count). The van der Waals surface area contributed by atoms with Gasteiger partial charge in [-0.25, -0.2) is 4.79 Å². The maximum atomic E-state index is 12.6. The summed E-state index contributed by atoms with van der Waals surface area (Å²) in [7, 11) is 0. The molecule has 0 spiro atoms. The van der Waals surface area contributed by atoms with Gasteiger partial charge in [-0.15, -0.1) is 32.9 Å². The number of amides is 1. The molecule has 0 aliphatic carbocycles. The van der Waals surface area contributed by atoms with E-state index in [2.05, 4.69) is 15.5 Å². The van der Waals surface area contributed by atoms with Gasteiger partial charge in [-0.2, -0.15) is 0 Å². The van der Waals surface area contributed by atoms with Gasteiger partial charge < -0.3 is 14.5 Å². The molecular weight excluding hydrogens is 490 g/mol. The third-order valence-corrected chi connectivity index (χ3v) is 7.09. The van der Waals surface area contributed by atoms with Gasteiger partial charge in [0.25, 0.3) is 5.22 Å². The normalized spacial score (nSPS) is 10.8. The summed E-state index contributed by atoms with van der Waals surface area (Å²) in [6.07, 6.45) is 0. The molecule has 0 bridgehead atoms. The van der Waals surface area contributed by atoms with Crippen LogP contribution in [0, 0.1) is 0 Å². The highest BCUT2D eigenvalue weighted by atomic mass is 35.5. The van der Waals surface area contributed by atoms with Crippen LogP contribution in [0.25, 0.3) is 21.9 Å². The van der Waals surface area contributed by atoms with Crippen LogP contribution in [0.1, 0.15) is 17.3 Å². The Bertz CT molecular complexity index is 1240. The zero-order chi connectivity index (χ0) is 22.5. The van der Waals surface area contributed by atoms with Crippen molar-refractivity contribution in [3.8, 4) is 21.9 Å². The molecule has 1 aromatic carbocycles. The molecular formula is C21H16ClN3O4S3. The van der Waals surface area contributed by atoms with E-state index in [1.54, 1.807) is 25.1 Å². The molecule has 0 aliphatic heterocycles. The average Bonchev–Trinajstić information content (AvgIpc) is 3.53. The molecule has 32 heavy (non-hydrogen) atoms. The highest BCUT2D eigenvalue weighted by Gasteiger charge is 2.23. The molecule has 0 saturated heterocycles. The van der Waals surface area contributed by atoms with Crippen LogP contribution in [0.5, 0.6) is 0 Å². The number of hydrogen-bond donors (Lipinski definition) is 1. The van der Waals surface area contributed by atoms with Crippen LogP contribution in [0.2, 0.25) is 5.02 Å². The Morgan fingerprint density at radius 1 is 1.16 bits per heavy atom. The van der Waals surface area contributed by atoms with Gasteiger partial charge in [-0.1, -0.05) is 41.6 Å². The van der Waals surface area contributed by atoms with Gasteiger partial charge in [0.1, 0.15) is 10.6 Å². The Morgan fingerprint density at radius 2 is 2.00 bits per heavy atom. The summed E-state index contributed by atoms with van der Waals surface area (Å²) in [5.74, 6) is -0.473. The lowest BCUT2D eigenvalue weighted by Gasteiger charge is -2.07. The zero-order valence-electron chi connectivity index (χ0n) is 16.7. The third-order valence-electron chi connectivity index (χ3n) is 4.15. The Labute approximate surface area is 200 Å². The zero-order valence-corrected chi connectivity index (χ0v) is 19.9. The first-order valence-electron chi connectivity index (χ1n) is 9.40. The number of anilines is 1. The third kappa shape index (κ3) is 5.04. The average molecular weight is 506 g/mol. The van der Waals surface area contributed by atoms with Crippen LogP contribution in [0.3, 0.4) is 0 Å². The lowest BCUT2D eigenvalue weighted by molar-refractivity contribution is -0.113. The summed E-state index contributed by atoms with van der Waals surface area (Å²) in [4.78, 5) is 26.0. The summed E-state index contributed by atoms with van der Waals surface area (Å²) in [6, 6.07) is 11.0. The van der Waals surface area contributed by atoms with Gasteiger partial charge in [0, 0.05) is 15.8 Å². The van der Waals surface area contributed by atoms with Gasteiger partial charge in [0.2, 0.25) is 11.8 Å². The number of carbonyl (C=O) groups is 2. The summed E-state index contributed by atoms with van der Waals surface area (Å²) in [5, 5.41) is 15.7. The van der Waals surface area contributed by atoms with Gasteiger partial charge in [0.05, 0.1) is 22.9 Å². The Balaban J connectivity index is 1.45. The fraction of sp³-hybridized carbons (Fsp3) is 0.143. The van der Waals surface area contributed by atoms with Gasteiger partial charge in [0.15, 0.2) is 0 Å². The van der Waals surface area contributed by atoms with Crippen LogP contribution < -0.4 is 5.32 Å². The van der Waals surface area contributed by atoms with Crippen molar-refractivity contribution in [3.63, 3.8) is 0 Å². The second kappa shape index (κ2) is 10.3. The minimum absolute atomic E-state index is 0.0264. The molecule has 0 saturated carbocycles. The maximum Gasteiger partial charge on any atom is 0.341 e. The minimum atomic E-state index is -0.471.